The number of carbonyl (C=O) groups excluding carboxylic acids is 2. The molecule has 5 nitrogen and oxygen atoms in total. The summed E-state index contributed by atoms with van der Waals surface area (Å²) >= 11 is 7.64. The summed E-state index contributed by atoms with van der Waals surface area (Å²) in [4.78, 5) is 29.2. The Balaban J connectivity index is 1.64. The third-order valence-electron chi connectivity index (χ3n) is 5.54. The number of nitrogens with zero attached hydrogens (tertiary/aromatic N) is 2. The molecule has 0 spiro atoms. The highest BCUT2D eigenvalue weighted by Gasteiger charge is 2.30. The summed E-state index contributed by atoms with van der Waals surface area (Å²) in [6.07, 6.45) is 1.38. The summed E-state index contributed by atoms with van der Waals surface area (Å²) in [5, 5.41) is 7.98. The van der Waals surface area contributed by atoms with E-state index in [0.29, 0.717) is 44.0 Å². The van der Waals surface area contributed by atoms with E-state index in [2.05, 4.69) is 10.7 Å². The number of urea groups is 1. The van der Waals surface area contributed by atoms with Gasteiger partial charge in [0.2, 0.25) is 5.91 Å². The van der Waals surface area contributed by atoms with Crippen LogP contribution >= 0.6 is 22.9 Å². The summed E-state index contributed by atoms with van der Waals surface area (Å²) < 4.78 is 0. The lowest BCUT2D eigenvalue weighted by Crippen LogP contribution is -2.48. The zero-order chi connectivity index (χ0) is 20.8. The van der Waals surface area contributed by atoms with Crippen LogP contribution in [0.4, 0.5) is 4.79 Å². The summed E-state index contributed by atoms with van der Waals surface area (Å²) in [6.45, 7) is 6.64. The fourth-order valence-electron chi connectivity index (χ4n) is 3.74. The van der Waals surface area contributed by atoms with Crippen LogP contribution in [-0.4, -0.2) is 47.9 Å². The molecule has 1 aromatic heterocycles. The minimum Gasteiger partial charge on any atom is -0.345 e. The Kier molecular flexibility index (Phi) is 7.56. The van der Waals surface area contributed by atoms with Crippen molar-refractivity contribution in [1.82, 2.24) is 15.1 Å². The Morgan fingerprint density at radius 2 is 1.79 bits per heavy atom. The van der Waals surface area contributed by atoms with Crippen molar-refractivity contribution in [3.8, 4) is 0 Å². The van der Waals surface area contributed by atoms with Crippen molar-refractivity contribution in [2.75, 3.05) is 26.2 Å². The van der Waals surface area contributed by atoms with Crippen LogP contribution in [-0.2, 0) is 4.79 Å². The van der Waals surface area contributed by atoms with E-state index in [-0.39, 0.29) is 23.9 Å². The van der Waals surface area contributed by atoms with E-state index in [1.807, 2.05) is 59.4 Å². The Bertz CT molecular complexity index is 798. The molecule has 1 aromatic carbocycles. The van der Waals surface area contributed by atoms with Crippen molar-refractivity contribution >= 4 is 34.9 Å². The first-order valence-electron chi connectivity index (χ1n) is 10.1. The molecule has 0 radical (unpaired) electrons. The van der Waals surface area contributed by atoms with Crippen molar-refractivity contribution in [2.24, 2.45) is 5.92 Å². The number of halogens is 1. The predicted molar refractivity (Wildman–Crippen MR) is 118 cm³/mol. The van der Waals surface area contributed by atoms with Gasteiger partial charge in [0, 0.05) is 37.1 Å². The minimum atomic E-state index is -0.193. The number of hydrogen-bond donors (Lipinski definition) is 1. The maximum absolute atomic E-state index is 13.0. The second-order valence-electron chi connectivity index (χ2n) is 7.27. The second kappa shape index (κ2) is 10.1. The average Bonchev–Trinajstić information content (AvgIpc) is 3.28. The van der Waals surface area contributed by atoms with Crippen molar-refractivity contribution in [1.29, 1.82) is 0 Å². The van der Waals surface area contributed by atoms with Crippen molar-refractivity contribution in [2.45, 2.75) is 32.7 Å². The fourth-order valence-corrected chi connectivity index (χ4v) is 4.55. The molecule has 0 aliphatic carbocycles. The van der Waals surface area contributed by atoms with Crippen LogP contribution in [0.2, 0.25) is 5.02 Å². The second-order valence-corrected chi connectivity index (χ2v) is 8.48. The number of likely N-dealkylation sites (tertiary alicyclic amines) is 1. The van der Waals surface area contributed by atoms with Crippen LogP contribution in [0.1, 0.15) is 43.9 Å². The van der Waals surface area contributed by atoms with Gasteiger partial charge in [-0.2, -0.15) is 11.3 Å². The third-order valence-corrected chi connectivity index (χ3v) is 6.49. The van der Waals surface area contributed by atoms with Crippen LogP contribution in [0.5, 0.6) is 0 Å². The lowest BCUT2D eigenvalue weighted by atomic mass is 9.94. The Hall–Kier alpha value is -2.05. The van der Waals surface area contributed by atoms with Crippen LogP contribution < -0.4 is 5.32 Å². The average molecular weight is 434 g/mol. The molecule has 2 aromatic rings. The minimum absolute atomic E-state index is 0.0473. The third kappa shape index (κ3) is 5.31. The quantitative estimate of drug-likeness (QED) is 0.712. The van der Waals surface area contributed by atoms with Gasteiger partial charge in [-0.05, 0) is 66.8 Å². The molecule has 29 heavy (non-hydrogen) atoms. The zero-order valence-corrected chi connectivity index (χ0v) is 18.5. The molecule has 1 aliphatic rings. The standard InChI is InChI=1S/C22H28ClN3O2S/c1-3-25(4-2)22(28)26-12-9-17(10-13-26)21(27)24-20(18-11-14-29-15-18)16-5-7-19(23)8-6-16/h5-8,11,14-15,17,20H,3-4,9-10,12-13H2,1-2H3,(H,24,27). The first kappa shape index (κ1) is 21.7. The molecule has 1 aliphatic heterocycles. The van der Waals surface area contributed by atoms with Gasteiger partial charge in [0.25, 0.3) is 0 Å². The highest BCUT2D eigenvalue weighted by molar-refractivity contribution is 7.08. The van der Waals surface area contributed by atoms with Crippen LogP contribution in [0.15, 0.2) is 41.1 Å². The lowest BCUT2D eigenvalue weighted by Gasteiger charge is -2.35. The maximum Gasteiger partial charge on any atom is 0.319 e. The van der Waals surface area contributed by atoms with Crippen LogP contribution in [0, 0.1) is 5.92 Å². The molecule has 1 unspecified atom stereocenters. The van der Waals surface area contributed by atoms with E-state index >= 15 is 0 Å². The first-order chi connectivity index (χ1) is 14.0. The van der Waals surface area contributed by atoms with Crippen molar-refractivity contribution in [3.63, 3.8) is 0 Å². The van der Waals surface area contributed by atoms with Crippen LogP contribution in [0.3, 0.4) is 0 Å². The van der Waals surface area contributed by atoms with Gasteiger partial charge in [-0.15, -0.1) is 0 Å². The topological polar surface area (TPSA) is 52.7 Å². The summed E-state index contributed by atoms with van der Waals surface area (Å²) in [5.74, 6) is -0.0322. The molecule has 1 atom stereocenters. The Morgan fingerprint density at radius 3 is 2.34 bits per heavy atom. The lowest BCUT2D eigenvalue weighted by molar-refractivity contribution is -0.126. The van der Waals surface area contributed by atoms with Gasteiger partial charge in [-0.25, -0.2) is 4.79 Å². The van der Waals surface area contributed by atoms with E-state index in [0.717, 1.165) is 11.1 Å². The molecule has 3 amide bonds. The van der Waals surface area contributed by atoms with Gasteiger partial charge in [0.15, 0.2) is 0 Å². The zero-order valence-electron chi connectivity index (χ0n) is 16.9. The Morgan fingerprint density at radius 1 is 1.14 bits per heavy atom. The largest absolute Gasteiger partial charge is 0.345 e. The number of carbonyl (C=O) groups is 2. The highest BCUT2D eigenvalue weighted by Crippen LogP contribution is 2.27. The van der Waals surface area contributed by atoms with Crippen LogP contribution in [0.25, 0.3) is 0 Å². The molecular formula is C22H28ClN3O2S. The summed E-state index contributed by atoms with van der Waals surface area (Å²) in [6, 6.07) is 9.52. The van der Waals surface area contributed by atoms with Gasteiger partial charge in [-0.1, -0.05) is 23.7 Å². The maximum atomic E-state index is 13.0. The molecule has 2 heterocycles. The molecule has 0 saturated carbocycles. The smallest absolute Gasteiger partial charge is 0.319 e. The normalized spacial score (nSPS) is 15.8. The Labute approximate surface area is 181 Å². The molecule has 7 heteroatoms. The number of hydrogen-bond acceptors (Lipinski definition) is 3. The van der Waals surface area contributed by atoms with E-state index < -0.39 is 0 Å². The van der Waals surface area contributed by atoms with Gasteiger partial charge in [0.05, 0.1) is 6.04 Å². The number of thiophene rings is 1. The predicted octanol–water partition coefficient (Wildman–Crippen LogP) is 4.78. The molecule has 1 fully saturated rings. The van der Waals surface area contributed by atoms with E-state index in [1.165, 1.54) is 0 Å². The number of benzene rings is 1. The fraction of sp³-hybridized carbons (Fsp3) is 0.455. The number of rotatable bonds is 6. The molecule has 1 saturated heterocycles. The van der Waals surface area contributed by atoms with Gasteiger partial charge >= 0.3 is 6.03 Å². The highest BCUT2D eigenvalue weighted by atomic mass is 35.5. The summed E-state index contributed by atoms with van der Waals surface area (Å²) in [7, 11) is 0. The number of nitrogens with one attached hydrogen (secondary N) is 1. The van der Waals surface area contributed by atoms with Gasteiger partial charge in [-0.3, -0.25) is 4.79 Å². The molecule has 156 valence electrons. The van der Waals surface area contributed by atoms with E-state index in [4.69, 9.17) is 11.6 Å². The molecule has 0 bridgehead atoms. The van der Waals surface area contributed by atoms with Crippen molar-refractivity contribution < 1.29 is 9.59 Å². The van der Waals surface area contributed by atoms with E-state index in [9.17, 15) is 9.59 Å². The molecular weight excluding hydrogens is 406 g/mol. The molecule has 3 rings (SSSR count). The van der Waals surface area contributed by atoms with Gasteiger partial charge in [0.1, 0.15) is 0 Å². The van der Waals surface area contributed by atoms with Gasteiger partial charge < -0.3 is 15.1 Å². The van der Waals surface area contributed by atoms with Crippen molar-refractivity contribution in [3.05, 3.63) is 57.2 Å². The first-order valence-corrected chi connectivity index (χ1v) is 11.5. The van der Waals surface area contributed by atoms with E-state index in [1.54, 1.807) is 11.3 Å². The SMILES string of the molecule is CCN(CC)C(=O)N1CCC(C(=O)NC(c2ccc(Cl)cc2)c2ccsc2)CC1. The monoisotopic (exact) mass is 433 g/mol. The molecule has 1 N–H and O–H groups in total. The number of piperidine rings is 1. The number of amides is 3. The summed E-state index contributed by atoms with van der Waals surface area (Å²) in [5.41, 5.74) is 2.08.